The quantitative estimate of drug-likeness (QED) is 0.796. The maximum atomic E-state index is 13.2. The van der Waals surface area contributed by atoms with Gasteiger partial charge in [0, 0.05) is 18.1 Å². The number of hydrogen-bond acceptors (Lipinski definition) is 3. The summed E-state index contributed by atoms with van der Waals surface area (Å²) in [4.78, 5) is 24.8. The van der Waals surface area contributed by atoms with Crippen LogP contribution in [0.25, 0.3) is 0 Å². The highest BCUT2D eigenvalue weighted by atomic mass is 79.9. The zero-order valence-corrected chi connectivity index (χ0v) is 12.5. The molecule has 0 spiro atoms. The van der Waals surface area contributed by atoms with E-state index in [1.54, 1.807) is 14.0 Å². The lowest BCUT2D eigenvalue weighted by Crippen LogP contribution is -2.34. The first-order valence-corrected chi connectivity index (χ1v) is 6.44. The molecular formula is C13H15BrFNO3. The van der Waals surface area contributed by atoms with Gasteiger partial charge in [-0.25, -0.2) is 4.39 Å². The molecule has 1 aromatic carbocycles. The van der Waals surface area contributed by atoms with Crippen molar-refractivity contribution in [2.24, 2.45) is 5.92 Å². The minimum absolute atomic E-state index is 0.203. The number of carbonyl (C=O) groups excluding carboxylic acids is 2. The molecule has 0 radical (unpaired) electrons. The van der Waals surface area contributed by atoms with Gasteiger partial charge in [0.05, 0.1) is 18.6 Å². The van der Waals surface area contributed by atoms with Crippen molar-refractivity contribution in [2.45, 2.75) is 6.92 Å². The third kappa shape index (κ3) is 4.02. The molecule has 0 aliphatic carbocycles. The van der Waals surface area contributed by atoms with Gasteiger partial charge in [0.15, 0.2) is 0 Å². The van der Waals surface area contributed by atoms with Crippen molar-refractivity contribution < 1.29 is 18.7 Å². The molecule has 1 rings (SSSR count). The molecule has 0 fully saturated rings. The molecule has 0 N–H and O–H groups in total. The number of nitrogens with zero attached hydrogens (tertiary/aromatic N) is 1. The number of methoxy groups -OCH3 is 1. The van der Waals surface area contributed by atoms with Gasteiger partial charge in [0.25, 0.3) is 5.91 Å². The summed E-state index contributed by atoms with van der Waals surface area (Å²) in [6, 6.07) is 3.89. The Hall–Kier alpha value is -1.43. The van der Waals surface area contributed by atoms with E-state index in [1.807, 2.05) is 0 Å². The number of benzene rings is 1. The van der Waals surface area contributed by atoms with Gasteiger partial charge in [-0.1, -0.05) is 6.92 Å². The summed E-state index contributed by atoms with van der Waals surface area (Å²) >= 11 is 3.20. The topological polar surface area (TPSA) is 46.6 Å². The van der Waals surface area contributed by atoms with Crippen molar-refractivity contribution in [3.05, 3.63) is 34.1 Å². The second-order valence-electron chi connectivity index (χ2n) is 4.23. The summed E-state index contributed by atoms with van der Waals surface area (Å²) in [5, 5.41) is 0. The van der Waals surface area contributed by atoms with Crippen molar-refractivity contribution in [3.63, 3.8) is 0 Å². The van der Waals surface area contributed by atoms with Crippen molar-refractivity contribution in [2.75, 3.05) is 20.7 Å². The second-order valence-corrected chi connectivity index (χ2v) is 5.09. The number of ether oxygens (including phenoxy) is 1. The zero-order chi connectivity index (χ0) is 14.6. The van der Waals surface area contributed by atoms with Crippen LogP contribution in [0.5, 0.6) is 0 Å². The molecule has 4 nitrogen and oxygen atoms in total. The van der Waals surface area contributed by atoms with E-state index in [9.17, 15) is 14.0 Å². The van der Waals surface area contributed by atoms with Crippen LogP contribution in [0.2, 0.25) is 0 Å². The van der Waals surface area contributed by atoms with Crippen molar-refractivity contribution in [3.8, 4) is 0 Å². The highest BCUT2D eigenvalue weighted by Crippen LogP contribution is 2.19. The van der Waals surface area contributed by atoms with Gasteiger partial charge in [-0.3, -0.25) is 9.59 Å². The van der Waals surface area contributed by atoms with Gasteiger partial charge in [0.1, 0.15) is 5.82 Å². The predicted molar refractivity (Wildman–Crippen MR) is 72.2 cm³/mol. The summed E-state index contributed by atoms with van der Waals surface area (Å²) in [7, 11) is 2.85. The minimum atomic E-state index is -0.485. The molecule has 1 amide bonds. The van der Waals surface area contributed by atoms with Crippen molar-refractivity contribution in [1.29, 1.82) is 0 Å². The van der Waals surface area contributed by atoms with Gasteiger partial charge in [-0.2, -0.15) is 0 Å². The standard InChI is InChI=1S/C13H15BrFNO3/c1-8(13(18)19-3)7-16(2)12(17)10-6-9(15)4-5-11(10)14/h4-6,8H,7H2,1-3H3. The Labute approximate surface area is 119 Å². The van der Waals surface area contributed by atoms with Crippen LogP contribution in [0.3, 0.4) is 0 Å². The van der Waals surface area contributed by atoms with Crippen molar-refractivity contribution >= 4 is 27.8 Å². The highest BCUT2D eigenvalue weighted by molar-refractivity contribution is 9.10. The highest BCUT2D eigenvalue weighted by Gasteiger charge is 2.21. The van der Waals surface area contributed by atoms with E-state index in [1.165, 1.54) is 24.1 Å². The molecule has 19 heavy (non-hydrogen) atoms. The fourth-order valence-corrected chi connectivity index (χ4v) is 2.05. The summed E-state index contributed by atoms with van der Waals surface area (Å²) in [6.45, 7) is 1.87. The van der Waals surface area contributed by atoms with Crippen LogP contribution in [0, 0.1) is 11.7 Å². The van der Waals surface area contributed by atoms with E-state index >= 15 is 0 Å². The molecule has 104 valence electrons. The molecule has 0 bridgehead atoms. The van der Waals surface area contributed by atoms with E-state index in [4.69, 9.17) is 0 Å². The molecule has 6 heteroatoms. The molecule has 0 aliphatic heterocycles. The van der Waals surface area contributed by atoms with Crippen LogP contribution < -0.4 is 0 Å². The Kier molecular flexibility index (Phi) is 5.47. The molecule has 1 aromatic rings. The van der Waals surface area contributed by atoms with Gasteiger partial charge in [0.2, 0.25) is 0 Å². The number of rotatable bonds is 4. The smallest absolute Gasteiger partial charge is 0.310 e. The first kappa shape index (κ1) is 15.6. The molecule has 0 saturated heterocycles. The lowest BCUT2D eigenvalue weighted by atomic mass is 10.1. The van der Waals surface area contributed by atoms with Crippen LogP contribution in [-0.4, -0.2) is 37.5 Å². The average Bonchev–Trinajstić information content (AvgIpc) is 2.39. The van der Waals surface area contributed by atoms with Gasteiger partial charge in [-0.05, 0) is 34.1 Å². The van der Waals surface area contributed by atoms with E-state index in [-0.39, 0.29) is 18.0 Å². The Morgan fingerprint density at radius 3 is 2.68 bits per heavy atom. The lowest BCUT2D eigenvalue weighted by molar-refractivity contribution is -0.145. The van der Waals surface area contributed by atoms with Crippen LogP contribution in [-0.2, 0) is 9.53 Å². The summed E-state index contributed by atoms with van der Waals surface area (Å²) in [5.41, 5.74) is 0.222. The monoisotopic (exact) mass is 331 g/mol. The van der Waals surface area contributed by atoms with Gasteiger partial charge < -0.3 is 9.64 Å². The molecular weight excluding hydrogens is 317 g/mol. The first-order valence-electron chi connectivity index (χ1n) is 5.65. The van der Waals surface area contributed by atoms with E-state index in [2.05, 4.69) is 20.7 Å². The van der Waals surface area contributed by atoms with Gasteiger partial charge >= 0.3 is 5.97 Å². The number of carbonyl (C=O) groups is 2. The maximum Gasteiger partial charge on any atom is 0.310 e. The Bertz CT molecular complexity index is 493. The number of amides is 1. The van der Waals surface area contributed by atoms with Crippen LogP contribution in [0.1, 0.15) is 17.3 Å². The minimum Gasteiger partial charge on any atom is -0.469 e. The molecule has 1 unspecified atom stereocenters. The molecule has 0 heterocycles. The third-order valence-corrected chi connectivity index (χ3v) is 3.35. The molecule has 0 saturated carbocycles. The molecule has 0 aromatic heterocycles. The summed E-state index contributed by atoms with van der Waals surface area (Å²) in [5.74, 6) is -1.67. The van der Waals surface area contributed by atoms with Crippen molar-refractivity contribution in [1.82, 2.24) is 4.90 Å². The van der Waals surface area contributed by atoms with Crippen LogP contribution in [0.4, 0.5) is 4.39 Å². The summed E-state index contributed by atoms with van der Waals surface area (Å²) in [6.07, 6.45) is 0. The normalized spacial score (nSPS) is 11.8. The Morgan fingerprint density at radius 2 is 2.11 bits per heavy atom. The fourth-order valence-electron chi connectivity index (χ4n) is 1.64. The van der Waals surface area contributed by atoms with E-state index < -0.39 is 17.7 Å². The number of esters is 1. The second kappa shape index (κ2) is 6.65. The van der Waals surface area contributed by atoms with Gasteiger partial charge in [-0.15, -0.1) is 0 Å². The average molecular weight is 332 g/mol. The Balaban J connectivity index is 2.82. The van der Waals surface area contributed by atoms with Crippen LogP contribution in [0.15, 0.2) is 22.7 Å². The zero-order valence-electron chi connectivity index (χ0n) is 10.9. The van der Waals surface area contributed by atoms with E-state index in [0.717, 1.165) is 6.07 Å². The maximum absolute atomic E-state index is 13.2. The number of hydrogen-bond donors (Lipinski definition) is 0. The first-order chi connectivity index (χ1) is 8.86. The Morgan fingerprint density at radius 1 is 1.47 bits per heavy atom. The lowest BCUT2D eigenvalue weighted by Gasteiger charge is -2.20. The number of halogens is 2. The van der Waals surface area contributed by atoms with E-state index in [0.29, 0.717) is 4.47 Å². The largest absolute Gasteiger partial charge is 0.469 e. The fraction of sp³-hybridized carbons (Fsp3) is 0.385. The summed E-state index contributed by atoms with van der Waals surface area (Å²) < 4.78 is 18.3. The van der Waals surface area contributed by atoms with Crippen LogP contribution >= 0.6 is 15.9 Å². The SMILES string of the molecule is COC(=O)C(C)CN(C)C(=O)c1cc(F)ccc1Br. The molecule has 0 aliphatic rings. The molecule has 1 atom stereocenters. The predicted octanol–water partition coefficient (Wildman–Crippen LogP) is 2.47. The third-order valence-electron chi connectivity index (χ3n) is 2.66.